The number of sulfonamides is 1. The number of aromatic nitrogens is 3. The Morgan fingerprint density at radius 3 is 2.67 bits per heavy atom. The molecule has 0 spiro atoms. The van der Waals surface area contributed by atoms with Crippen molar-refractivity contribution in [1.29, 1.82) is 0 Å². The van der Waals surface area contributed by atoms with E-state index in [4.69, 9.17) is 16.3 Å². The van der Waals surface area contributed by atoms with Crippen molar-refractivity contribution in [2.24, 2.45) is 5.41 Å². The Balaban J connectivity index is 1.50. The van der Waals surface area contributed by atoms with Crippen molar-refractivity contribution in [2.45, 2.75) is 17.7 Å². The number of fused-ring (bicyclic) bond motifs is 2. The van der Waals surface area contributed by atoms with Gasteiger partial charge in [-0.25, -0.2) is 22.5 Å². The summed E-state index contributed by atoms with van der Waals surface area (Å²) < 4.78 is 48.9. The van der Waals surface area contributed by atoms with Gasteiger partial charge in [0.05, 0.1) is 24.2 Å². The van der Waals surface area contributed by atoms with E-state index in [1.165, 1.54) is 34.8 Å². The highest BCUT2D eigenvalue weighted by Crippen LogP contribution is 2.45. The molecule has 1 unspecified atom stereocenters. The Labute approximate surface area is 196 Å². The normalized spacial score (nSPS) is 20.8. The fraction of sp³-hybridized carbons (Fsp3) is 0.304. The number of benzene rings is 1. The van der Waals surface area contributed by atoms with E-state index in [1.54, 1.807) is 30.1 Å². The molecule has 172 valence electrons. The molecule has 2 aromatic heterocycles. The predicted molar refractivity (Wildman–Crippen MR) is 122 cm³/mol. The van der Waals surface area contributed by atoms with Crippen molar-refractivity contribution >= 4 is 27.7 Å². The summed E-state index contributed by atoms with van der Waals surface area (Å²) in [5.74, 6) is -0.304. The lowest BCUT2D eigenvalue weighted by Gasteiger charge is -2.45. The molecule has 1 atom stereocenters. The van der Waals surface area contributed by atoms with Crippen LogP contribution in [-0.2, 0) is 21.2 Å². The van der Waals surface area contributed by atoms with E-state index >= 15 is 0 Å². The van der Waals surface area contributed by atoms with Gasteiger partial charge in [-0.2, -0.15) is 9.40 Å². The number of rotatable bonds is 5. The van der Waals surface area contributed by atoms with Crippen molar-refractivity contribution < 1.29 is 17.5 Å². The van der Waals surface area contributed by atoms with E-state index in [1.807, 2.05) is 0 Å². The molecule has 5 rings (SSSR count). The van der Waals surface area contributed by atoms with Gasteiger partial charge >= 0.3 is 0 Å². The van der Waals surface area contributed by atoms with E-state index in [2.05, 4.69) is 16.2 Å². The van der Waals surface area contributed by atoms with Crippen LogP contribution in [0.3, 0.4) is 0 Å². The lowest BCUT2D eigenvalue weighted by molar-refractivity contribution is 0.0733. The molecule has 7 nitrogen and oxygen atoms in total. The fourth-order valence-corrected chi connectivity index (χ4v) is 6.34. The van der Waals surface area contributed by atoms with Crippen molar-refractivity contribution in [3.05, 3.63) is 76.6 Å². The summed E-state index contributed by atoms with van der Waals surface area (Å²) >= 11 is 5.83. The van der Waals surface area contributed by atoms with Gasteiger partial charge in [0, 0.05) is 31.8 Å². The summed E-state index contributed by atoms with van der Waals surface area (Å²) in [4.78, 5) is 4.05. The number of methoxy groups -OCH3 is 1. The first-order valence-electron chi connectivity index (χ1n) is 10.5. The number of ether oxygens (including phenoxy) is 1. The molecule has 1 fully saturated rings. The number of halogens is 2. The van der Waals surface area contributed by atoms with Crippen molar-refractivity contribution in [3.63, 3.8) is 0 Å². The van der Waals surface area contributed by atoms with Gasteiger partial charge in [0.25, 0.3) is 0 Å². The molecule has 1 aromatic carbocycles. The minimum atomic E-state index is -3.73. The van der Waals surface area contributed by atoms with Crippen LogP contribution in [0.1, 0.15) is 17.7 Å². The molecule has 0 N–H and O–H groups in total. The second kappa shape index (κ2) is 8.32. The Hall–Kier alpha value is -2.59. The van der Waals surface area contributed by atoms with Gasteiger partial charge in [0.15, 0.2) is 0 Å². The quantitative estimate of drug-likeness (QED) is 0.511. The average molecular weight is 489 g/mol. The molecule has 10 heteroatoms. The van der Waals surface area contributed by atoms with E-state index in [0.29, 0.717) is 32.5 Å². The smallest absolute Gasteiger partial charge is 0.244 e. The minimum absolute atomic E-state index is 0.118. The predicted octanol–water partition coefficient (Wildman–Crippen LogP) is 3.73. The number of piperidine rings is 1. The average Bonchev–Trinajstić information content (AvgIpc) is 3.20. The maximum absolute atomic E-state index is 13.4. The zero-order chi connectivity index (χ0) is 23.2. The van der Waals surface area contributed by atoms with Gasteiger partial charge in [-0.3, -0.25) is 0 Å². The Morgan fingerprint density at radius 2 is 1.97 bits per heavy atom. The molecule has 0 amide bonds. The molecule has 2 aliphatic rings. The molecule has 3 heterocycles. The van der Waals surface area contributed by atoms with Crippen LogP contribution in [0.15, 0.2) is 59.3 Å². The van der Waals surface area contributed by atoms with E-state index in [9.17, 15) is 12.8 Å². The SMILES string of the molecule is COCC12Cc3cnn(-c4ccc(F)cc4)c3C=C1CCN(S(=O)(=O)c1ccc(Cl)nc1)C2. The molecule has 3 aromatic rings. The largest absolute Gasteiger partial charge is 0.384 e. The third kappa shape index (κ3) is 3.89. The van der Waals surface area contributed by atoms with Crippen LogP contribution >= 0.6 is 11.6 Å². The van der Waals surface area contributed by atoms with Crippen LogP contribution in [-0.4, -0.2) is 54.3 Å². The standard InChI is InChI=1S/C23H22ClFN4O3S/c1-32-15-23-11-16-12-27-29(19-4-2-18(25)3-5-19)21(16)10-17(23)8-9-28(14-23)33(30,31)20-6-7-22(24)26-13-20/h2-7,10,12-13H,8-9,11,14-15H2,1H3. The first kappa shape index (κ1) is 22.2. The summed E-state index contributed by atoms with van der Waals surface area (Å²) in [5, 5.41) is 4.77. The first-order chi connectivity index (χ1) is 15.8. The molecule has 1 saturated heterocycles. The second-order valence-corrected chi connectivity index (χ2v) is 10.7. The van der Waals surface area contributed by atoms with Gasteiger partial charge in [-0.15, -0.1) is 0 Å². The van der Waals surface area contributed by atoms with Gasteiger partial charge in [0.1, 0.15) is 15.9 Å². The van der Waals surface area contributed by atoms with E-state index in [-0.39, 0.29) is 15.9 Å². The van der Waals surface area contributed by atoms with Gasteiger partial charge in [-0.05, 0) is 60.9 Å². The summed E-state index contributed by atoms with van der Waals surface area (Å²) in [6, 6.07) is 9.14. The Kier molecular flexibility index (Phi) is 5.60. The number of nitrogens with zero attached hydrogens (tertiary/aromatic N) is 4. The maximum atomic E-state index is 13.4. The number of hydrogen-bond donors (Lipinski definition) is 0. The van der Waals surface area contributed by atoms with Crippen LogP contribution in [0.25, 0.3) is 11.8 Å². The third-order valence-electron chi connectivity index (χ3n) is 6.35. The monoisotopic (exact) mass is 488 g/mol. The Morgan fingerprint density at radius 1 is 1.18 bits per heavy atom. The van der Waals surface area contributed by atoms with Gasteiger partial charge in [0.2, 0.25) is 10.0 Å². The molecular weight excluding hydrogens is 467 g/mol. The molecule has 0 radical (unpaired) electrons. The number of pyridine rings is 1. The van der Waals surface area contributed by atoms with Crippen LogP contribution in [0.4, 0.5) is 4.39 Å². The minimum Gasteiger partial charge on any atom is -0.384 e. The molecular formula is C23H22ClFN4O3S. The lowest BCUT2D eigenvalue weighted by atomic mass is 9.69. The topological polar surface area (TPSA) is 77.3 Å². The van der Waals surface area contributed by atoms with E-state index in [0.717, 1.165) is 22.5 Å². The summed E-state index contributed by atoms with van der Waals surface area (Å²) in [6.07, 6.45) is 6.32. The van der Waals surface area contributed by atoms with Crippen LogP contribution in [0.5, 0.6) is 0 Å². The van der Waals surface area contributed by atoms with Crippen molar-refractivity contribution in [1.82, 2.24) is 19.1 Å². The highest BCUT2D eigenvalue weighted by Gasteiger charge is 2.46. The van der Waals surface area contributed by atoms with E-state index < -0.39 is 15.4 Å². The zero-order valence-electron chi connectivity index (χ0n) is 17.9. The first-order valence-corrected chi connectivity index (χ1v) is 12.3. The fourth-order valence-electron chi connectivity index (χ4n) is 4.76. The number of hydrogen-bond acceptors (Lipinski definition) is 5. The van der Waals surface area contributed by atoms with Crippen LogP contribution in [0, 0.1) is 11.2 Å². The zero-order valence-corrected chi connectivity index (χ0v) is 19.5. The van der Waals surface area contributed by atoms with Crippen LogP contribution in [0.2, 0.25) is 5.15 Å². The lowest BCUT2D eigenvalue weighted by Crippen LogP contribution is -2.51. The molecule has 0 saturated carbocycles. The second-order valence-electron chi connectivity index (χ2n) is 8.41. The highest BCUT2D eigenvalue weighted by atomic mass is 35.5. The highest BCUT2D eigenvalue weighted by molar-refractivity contribution is 7.89. The Bertz CT molecular complexity index is 1320. The van der Waals surface area contributed by atoms with Crippen LogP contribution < -0.4 is 0 Å². The van der Waals surface area contributed by atoms with Gasteiger partial charge in [-0.1, -0.05) is 17.2 Å². The van der Waals surface area contributed by atoms with Crippen molar-refractivity contribution in [2.75, 3.05) is 26.8 Å². The molecule has 1 aliphatic carbocycles. The summed E-state index contributed by atoms with van der Waals surface area (Å²) in [7, 11) is -2.11. The van der Waals surface area contributed by atoms with Gasteiger partial charge < -0.3 is 4.74 Å². The maximum Gasteiger partial charge on any atom is 0.244 e. The molecule has 0 bridgehead atoms. The summed E-state index contributed by atoms with van der Waals surface area (Å²) in [6.45, 7) is 1.02. The van der Waals surface area contributed by atoms with Crippen molar-refractivity contribution in [3.8, 4) is 5.69 Å². The molecule has 1 aliphatic heterocycles. The third-order valence-corrected chi connectivity index (χ3v) is 8.40. The molecule has 33 heavy (non-hydrogen) atoms. The summed E-state index contributed by atoms with van der Waals surface area (Å²) in [5.41, 5.74) is 3.32.